The zero-order chi connectivity index (χ0) is 20.9. The molecule has 1 aliphatic heterocycles. The molecule has 2 N–H and O–H groups in total. The number of urea groups is 1. The third-order valence-corrected chi connectivity index (χ3v) is 6.04. The highest BCUT2D eigenvalue weighted by atomic mass is 32.2. The SMILES string of the molecule is CCN(CC1COc2ccccc2O1)C(=O)NCc1ccc(S(=O)(=O)NC)cc1. The highest BCUT2D eigenvalue weighted by molar-refractivity contribution is 7.89. The zero-order valence-electron chi connectivity index (χ0n) is 16.4. The van der Waals surface area contributed by atoms with Crippen molar-refractivity contribution in [3.63, 3.8) is 0 Å². The molecule has 1 atom stereocenters. The van der Waals surface area contributed by atoms with E-state index in [0.29, 0.717) is 37.7 Å². The minimum Gasteiger partial charge on any atom is -0.486 e. The van der Waals surface area contributed by atoms with Gasteiger partial charge in [-0.3, -0.25) is 0 Å². The van der Waals surface area contributed by atoms with Crippen molar-refractivity contribution in [3.8, 4) is 11.5 Å². The molecule has 2 amide bonds. The Kier molecular flexibility index (Phi) is 6.60. The number of para-hydroxylation sites is 2. The van der Waals surface area contributed by atoms with Crippen LogP contribution in [0.1, 0.15) is 12.5 Å². The van der Waals surface area contributed by atoms with E-state index in [4.69, 9.17) is 9.47 Å². The van der Waals surface area contributed by atoms with Crippen LogP contribution in [0.5, 0.6) is 11.5 Å². The largest absolute Gasteiger partial charge is 0.486 e. The van der Waals surface area contributed by atoms with Crippen LogP contribution < -0.4 is 19.5 Å². The second-order valence-electron chi connectivity index (χ2n) is 6.55. The minimum atomic E-state index is -3.47. The van der Waals surface area contributed by atoms with Gasteiger partial charge >= 0.3 is 6.03 Å². The number of carbonyl (C=O) groups excluding carboxylic acids is 1. The van der Waals surface area contributed by atoms with Crippen molar-refractivity contribution >= 4 is 16.1 Å². The van der Waals surface area contributed by atoms with E-state index >= 15 is 0 Å². The van der Waals surface area contributed by atoms with E-state index in [1.165, 1.54) is 19.2 Å². The molecule has 1 unspecified atom stereocenters. The minimum absolute atomic E-state index is 0.181. The van der Waals surface area contributed by atoms with Crippen molar-refractivity contribution < 1.29 is 22.7 Å². The number of nitrogens with zero attached hydrogens (tertiary/aromatic N) is 1. The van der Waals surface area contributed by atoms with Gasteiger partial charge in [-0.25, -0.2) is 17.9 Å². The average Bonchev–Trinajstić information content (AvgIpc) is 2.76. The average molecular weight is 420 g/mol. The predicted molar refractivity (Wildman–Crippen MR) is 109 cm³/mol. The van der Waals surface area contributed by atoms with Crippen LogP contribution in [0.4, 0.5) is 4.79 Å². The summed E-state index contributed by atoms with van der Waals surface area (Å²) in [5, 5.41) is 2.86. The lowest BCUT2D eigenvalue weighted by Gasteiger charge is -2.31. The Bertz CT molecular complexity index is 947. The first kappa shape index (κ1) is 20.9. The maximum absolute atomic E-state index is 12.6. The van der Waals surface area contributed by atoms with Crippen LogP contribution in [0.15, 0.2) is 53.4 Å². The molecule has 29 heavy (non-hydrogen) atoms. The first-order valence-corrected chi connectivity index (χ1v) is 10.8. The number of ether oxygens (including phenoxy) is 2. The Hall–Kier alpha value is -2.78. The van der Waals surface area contributed by atoms with Crippen molar-refractivity contribution in [1.82, 2.24) is 14.9 Å². The maximum atomic E-state index is 12.6. The van der Waals surface area contributed by atoms with Crippen molar-refractivity contribution in [3.05, 3.63) is 54.1 Å². The molecule has 0 bridgehead atoms. The quantitative estimate of drug-likeness (QED) is 0.715. The molecule has 0 spiro atoms. The van der Waals surface area contributed by atoms with Crippen LogP contribution in [-0.2, 0) is 16.6 Å². The highest BCUT2D eigenvalue weighted by Crippen LogP contribution is 2.31. The number of amides is 2. The van der Waals surface area contributed by atoms with Gasteiger partial charge in [-0.15, -0.1) is 0 Å². The topological polar surface area (TPSA) is 97.0 Å². The maximum Gasteiger partial charge on any atom is 0.317 e. The number of nitrogens with one attached hydrogen (secondary N) is 2. The molecular weight excluding hydrogens is 394 g/mol. The fraction of sp³-hybridized carbons (Fsp3) is 0.350. The van der Waals surface area contributed by atoms with Crippen LogP contribution in [0.2, 0.25) is 0 Å². The molecule has 0 aliphatic carbocycles. The fourth-order valence-electron chi connectivity index (χ4n) is 2.95. The standard InChI is InChI=1S/C20H25N3O5S/c1-3-23(13-16-14-27-18-6-4-5-7-19(18)28-16)20(24)22-12-15-8-10-17(11-9-15)29(25,26)21-2/h4-11,16,21H,3,12-14H2,1-2H3,(H,22,24). The summed E-state index contributed by atoms with van der Waals surface area (Å²) >= 11 is 0. The molecule has 3 rings (SSSR count). The summed E-state index contributed by atoms with van der Waals surface area (Å²) in [4.78, 5) is 14.4. The molecule has 2 aromatic carbocycles. The lowest BCUT2D eigenvalue weighted by molar-refractivity contribution is 0.0675. The Labute approximate surface area is 170 Å². The number of rotatable bonds is 7. The first-order chi connectivity index (χ1) is 13.9. The zero-order valence-corrected chi connectivity index (χ0v) is 17.2. The highest BCUT2D eigenvalue weighted by Gasteiger charge is 2.24. The molecule has 156 valence electrons. The normalized spacial score (nSPS) is 15.6. The van der Waals surface area contributed by atoms with Gasteiger partial charge in [0, 0.05) is 13.1 Å². The van der Waals surface area contributed by atoms with Gasteiger partial charge in [-0.05, 0) is 43.8 Å². The van der Waals surface area contributed by atoms with Gasteiger partial charge in [-0.2, -0.15) is 0 Å². The van der Waals surface area contributed by atoms with Crippen LogP contribution in [0.25, 0.3) is 0 Å². The smallest absolute Gasteiger partial charge is 0.317 e. The van der Waals surface area contributed by atoms with Crippen LogP contribution >= 0.6 is 0 Å². The lowest BCUT2D eigenvalue weighted by atomic mass is 10.2. The van der Waals surface area contributed by atoms with Crippen molar-refractivity contribution in [2.75, 3.05) is 26.7 Å². The van der Waals surface area contributed by atoms with E-state index in [1.807, 2.05) is 31.2 Å². The molecule has 9 heteroatoms. The molecule has 0 saturated carbocycles. The molecule has 8 nitrogen and oxygen atoms in total. The summed E-state index contributed by atoms with van der Waals surface area (Å²) in [5.74, 6) is 1.39. The van der Waals surface area contributed by atoms with Crippen LogP contribution in [0.3, 0.4) is 0 Å². The van der Waals surface area contributed by atoms with Crippen molar-refractivity contribution in [2.24, 2.45) is 0 Å². The Morgan fingerprint density at radius 2 is 1.83 bits per heavy atom. The molecule has 0 radical (unpaired) electrons. The summed E-state index contributed by atoms with van der Waals surface area (Å²) in [6.07, 6.45) is -0.248. The van der Waals surface area contributed by atoms with Crippen LogP contribution in [0, 0.1) is 0 Å². The van der Waals surface area contributed by atoms with Gasteiger partial charge < -0.3 is 19.7 Å². The van der Waals surface area contributed by atoms with Crippen molar-refractivity contribution in [2.45, 2.75) is 24.5 Å². The van der Waals surface area contributed by atoms with Gasteiger partial charge in [0.05, 0.1) is 11.4 Å². The second-order valence-corrected chi connectivity index (χ2v) is 8.43. The number of likely N-dealkylation sites (N-methyl/N-ethyl adjacent to an activating group) is 1. The number of hydrogen-bond acceptors (Lipinski definition) is 5. The van der Waals surface area contributed by atoms with Gasteiger partial charge in [-0.1, -0.05) is 24.3 Å². The summed E-state index contributed by atoms with van der Waals surface area (Å²) in [7, 11) is -2.11. The summed E-state index contributed by atoms with van der Waals surface area (Å²) < 4.78 is 37.4. The Morgan fingerprint density at radius 3 is 2.48 bits per heavy atom. The predicted octanol–water partition coefficient (Wildman–Crippen LogP) is 1.97. The number of carbonyl (C=O) groups is 1. The third-order valence-electron chi connectivity index (χ3n) is 4.61. The monoisotopic (exact) mass is 419 g/mol. The molecule has 0 fully saturated rings. The summed E-state index contributed by atoms with van der Waals surface area (Å²) in [5.41, 5.74) is 0.802. The number of sulfonamides is 1. The number of fused-ring (bicyclic) bond motifs is 1. The van der Waals surface area contributed by atoms with E-state index in [2.05, 4.69) is 10.0 Å². The second kappa shape index (κ2) is 9.15. The molecule has 1 heterocycles. The van der Waals surface area contributed by atoms with E-state index < -0.39 is 10.0 Å². The molecular formula is C20H25N3O5S. The number of benzene rings is 2. The lowest BCUT2D eigenvalue weighted by Crippen LogP contribution is -2.47. The first-order valence-electron chi connectivity index (χ1n) is 9.36. The molecule has 1 aliphatic rings. The Morgan fingerprint density at radius 1 is 1.14 bits per heavy atom. The Balaban J connectivity index is 1.54. The van der Waals surface area contributed by atoms with E-state index in [0.717, 1.165) is 5.56 Å². The van der Waals surface area contributed by atoms with Gasteiger partial charge in [0.15, 0.2) is 17.6 Å². The van der Waals surface area contributed by atoms with Crippen molar-refractivity contribution in [1.29, 1.82) is 0 Å². The van der Waals surface area contributed by atoms with Gasteiger partial charge in [0.2, 0.25) is 10.0 Å². The van der Waals surface area contributed by atoms with Crippen LogP contribution in [-0.4, -0.2) is 52.2 Å². The van der Waals surface area contributed by atoms with Gasteiger partial charge in [0.25, 0.3) is 0 Å². The molecule has 2 aromatic rings. The fourth-order valence-corrected chi connectivity index (χ4v) is 3.68. The number of hydrogen-bond donors (Lipinski definition) is 2. The van der Waals surface area contributed by atoms with E-state index in [1.54, 1.807) is 17.0 Å². The van der Waals surface area contributed by atoms with E-state index in [-0.39, 0.29) is 17.0 Å². The summed E-state index contributed by atoms with van der Waals surface area (Å²) in [6, 6.07) is 13.6. The molecule has 0 aromatic heterocycles. The molecule has 0 saturated heterocycles. The van der Waals surface area contributed by atoms with E-state index in [9.17, 15) is 13.2 Å². The summed E-state index contributed by atoms with van der Waals surface area (Å²) in [6.45, 7) is 3.49. The van der Waals surface area contributed by atoms with Gasteiger partial charge in [0.1, 0.15) is 6.61 Å². The third kappa shape index (κ3) is 5.18.